The predicted molar refractivity (Wildman–Crippen MR) is 42.9 cm³/mol. The van der Waals surface area contributed by atoms with Crippen LogP contribution in [0.15, 0.2) is 0 Å². The first-order chi connectivity index (χ1) is 5.04. The van der Waals surface area contributed by atoms with Crippen LogP contribution in [0.5, 0.6) is 0 Å². The van der Waals surface area contributed by atoms with Gasteiger partial charge in [0.25, 0.3) is 0 Å². The smallest absolute Gasteiger partial charge is 0.201 e. The quantitative estimate of drug-likeness (QED) is 0.529. The maximum Gasteiger partial charge on any atom is 0.201 e. The van der Waals surface area contributed by atoms with Crippen LogP contribution in [0, 0.1) is 17.8 Å². The molecule has 0 radical (unpaired) electrons. The fourth-order valence-corrected chi connectivity index (χ4v) is 1.60. The van der Waals surface area contributed by atoms with Crippen molar-refractivity contribution in [3.63, 3.8) is 0 Å². The molecule has 1 fully saturated rings. The fourth-order valence-electron chi connectivity index (χ4n) is 1.60. The molecule has 1 saturated heterocycles. The van der Waals surface area contributed by atoms with Gasteiger partial charge in [-0.15, -0.1) is 0 Å². The van der Waals surface area contributed by atoms with E-state index in [4.69, 9.17) is 4.74 Å². The fraction of sp³-hybridized carbons (Fsp3) is 1.00. The van der Waals surface area contributed by atoms with Crippen molar-refractivity contribution in [3.05, 3.63) is 0 Å². The van der Waals surface area contributed by atoms with Crippen LogP contribution in [-0.2, 0) is 4.74 Å². The average Bonchev–Trinajstić information content (AvgIpc) is 1.97. The van der Waals surface area contributed by atoms with E-state index in [1.165, 1.54) is 0 Å². The molecule has 1 heterocycles. The van der Waals surface area contributed by atoms with Crippen LogP contribution in [-0.4, -0.2) is 12.5 Å². The minimum atomic E-state index is -1.06. The maximum atomic E-state index is 13.0. The van der Waals surface area contributed by atoms with E-state index in [2.05, 4.69) is 13.8 Å². The summed E-state index contributed by atoms with van der Waals surface area (Å²) in [7, 11) is 0. The van der Waals surface area contributed by atoms with Crippen LogP contribution in [0.2, 0.25) is 0 Å². The highest BCUT2D eigenvalue weighted by molar-refractivity contribution is 4.79. The van der Waals surface area contributed by atoms with E-state index in [1.807, 2.05) is 13.8 Å². The first-order valence-corrected chi connectivity index (χ1v) is 4.33. The van der Waals surface area contributed by atoms with E-state index in [0.717, 1.165) is 0 Å². The average molecular weight is 160 g/mol. The van der Waals surface area contributed by atoms with Crippen molar-refractivity contribution in [2.45, 2.75) is 40.2 Å². The van der Waals surface area contributed by atoms with Gasteiger partial charge in [-0.1, -0.05) is 20.8 Å². The van der Waals surface area contributed by atoms with E-state index < -0.39 is 6.36 Å². The van der Waals surface area contributed by atoms with Crippen molar-refractivity contribution in [1.82, 2.24) is 0 Å². The lowest BCUT2D eigenvalue weighted by Gasteiger charge is -2.38. The van der Waals surface area contributed by atoms with Crippen LogP contribution < -0.4 is 0 Å². The Balaban J connectivity index is 2.63. The number of hydrogen-bond acceptors (Lipinski definition) is 1. The molecule has 0 aromatic heterocycles. The number of halogens is 1. The van der Waals surface area contributed by atoms with Crippen LogP contribution in [0.25, 0.3) is 0 Å². The molecule has 1 aliphatic rings. The standard InChI is InChI=1S/C9H17FO/c1-5-6(2)8(4)11-9(10)7(5)3/h5-9H,1-4H3. The summed E-state index contributed by atoms with van der Waals surface area (Å²) in [5.41, 5.74) is 0. The monoisotopic (exact) mass is 160 g/mol. The Bertz CT molecular complexity index is 124. The van der Waals surface area contributed by atoms with Gasteiger partial charge in [0.05, 0.1) is 6.10 Å². The second-order valence-corrected chi connectivity index (χ2v) is 3.77. The molecule has 0 spiro atoms. The summed E-state index contributed by atoms with van der Waals surface area (Å²) < 4.78 is 18.1. The molecule has 0 saturated carbocycles. The molecule has 1 nitrogen and oxygen atoms in total. The van der Waals surface area contributed by atoms with Gasteiger partial charge in [-0.05, 0) is 18.8 Å². The van der Waals surface area contributed by atoms with E-state index >= 15 is 0 Å². The highest BCUT2D eigenvalue weighted by atomic mass is 19.1. The molecule has 0 bridgehead atoms. The molecule has 11 heavy (non-hydrogen) atoms. The molecule has 0 amide bonds. The Morgan fingerprint density at radius 1 is 0.909 bits per heavy atom. The van der Waals surface area contributed by atoms with Gasteiger partial charge in [-0.3, -0.25) is 0 Å². The van der Waals surface area contributed by atoms with E-state index in [1.54, 1.807) is 0 Å². The first kappa shape index (κ1) is 8.98. The summed E-state index contributed by atoms with van der Waals surface area (Å²) in [5.74, 6) is 0.937. The van der Waals surface area contributed by atoms with Gasteiger partial charge >= 0.3 is 0 Å². The third kappa shape index (κ3) is 1.56. The Labute approximate surface area is 67.9 Å². The van der Waals surface area contributed by atoms with Crippen LogP contribution >= 0.6 is 0 Å². The van der Waals surface area contributed by atoms with E-state index in [-0.39, 0.29) is 12.0 Å². The number of ether oxygens (including phenoxy) is 1. The number of hydrogen-bond donors (Lipinski definition) is 0. The lowest BCUT2D eigenvalue weighted by atomic mass is 9.80. The van der Waals surface area contributed by atoms with Crippen molar-refractivity contribution in [3.8, 4) is 0 Å². The largest absolute Gasteiger partial charge is 0.345 e. The summed E-state index contributed by atoms with van der Waals surface area (Å²) in [6.07, 6.45) is -0.993. The highest BCUT2D eigenvalue weighted by Crippen LogP contribution is 2.34. The van der Waals surface area contributed by atoms with Crippen LogP contribution in [0.1, 0.15) is 27.7 Å². The normalized spacial score (nSPS) is 52.6. The maximum absolute atomic E-state index is 13.0. The molecule has 5 unspecified atom stereocenters. The van der Waals surface area contributed by atoms with Gasteiger partial charge in [-0.2, -0.15) is 0 Å². The first-order valence-electron chi connectivity index (χ1n) is 4.33. The number of alkyl halides is 1. The molecule has 0 N–H and O–H groups in total. The molecule has 0 aliphatic carbocycles. The Hall–Kier alpha value is -0.110. The van der Waals surface area contributed by atoms with Crippen molar-refractivity contribution < 1.29 is 9.13 Å². The zero-order valence-electron chi connectivity index (χ0n) is 7.67. The lowest BCUT2D eigenvalue weighted by Crippen LogP contribution is -2.41. The molecule has 1 aliphatic heterocycles. The second kappa shape index (κ2) is 3.10. The van der Waals surface area contributed by atoms with Crippen molar-refractivity contribution >= 4 is 0 Å². The van der Waals surface area contributed by atoms with Gasteiger partial charge in [0.1, 0.15) is 0 Å². The van der Waals surface area contributed by atoms with Gasteiger partial charge < -0.3 is 4.74 Å². The summed E-state index contributed by atoms with van der Waals surface area (Å²) in [6.45, 7) is 8.08. The minimum absolute atomic E-state index is 0.0428. The SMILES string of the molecule is CC1OC(F)C(C)C(C)C1C. The Kier molecular flexibility index (Phi) is 2.53. The lowest BCUT2D eigenvalue weighted by molar-refractivity contribution is -0.181. The summed E-state index contributed by atoms with van der Waals surface area (Å²) in [4.78, 5) is 0. The van der Waals surface area contributed by atoms with Gasteiger partial charge in [0.15, 0.2) is 0 Å². The summed E-state index contributed by atoms with van der Waals surface area (Å²) in [6, 6.07) is 0. The third-order valence-electron chi connectivity index (χ3n) is 3.16. The van der Waals surface area contributed by atoms with Crippen LogP contribution in [0.3, 0.4) is 0 Å². The molecule has 1 rings (SSSR count). The zero-order valence-corrected chi connectivity index (χ0v) is 7.67. The van der Waals surface area contributed by atoms with E-state index in [9.17, 15) is 4.39 Å². The zero-order chi connectivity index (χ0) is 8.59. The van der Waals surface area contributed by atoms with Gasteiger partial charge in [-0.25, -0.2) is 4.39 Å². The Morgan fingerprint density at radius 2 is 1.45 bits per heavy atom. The molecule has 0 aromatic carbocycles. The molecule has 2 heteroatoms. The van der Waals surface area contributed by atoms with Crippen molar-refractivity contribution in [2.75, 3.05) is 0 Å². The van der Waals surface area contributed by atoms with Gasteiger partial charge in [0, 0.05) is 5.92 Å². The van der Waals surface area contributed by atoms with Crippen LogP contribution in [0.4, 0.5) is 4.39 Å². The van der Waals surface area contributed by atoms with Gasteiger partial charge in [0.2, 0.25) is 6.36 Å². The third-order valence-corrected chi connectivity index (χ3v) is 3.16. The Morgan fingerprint density at radius 3 is 2.00 bits per heavy atom. The second-order valence-electron chi connectivity index (χ2n) is 3.77. The molecular formula is C9H17FO. The van der Waals surface area contributed by atoms with E-state index in [0.29, 0.717) is 11.8 Å². The topological polar surface area (TPSA) is 9.23 Å². The summed E-state index contributed by atoms with van der Waals surface area (Å²) in [5, 5.41) is 0. The summed E-state index contributed by atoms with van der Waals surface area (Å²) >= 11 is 0. The molecule has 66 valence electrons. The van der Waals surface area contributed by atoms with Crippen molar-refractivity contribution in [1.29, 1.82) is 0 Å². The predicted octanol–water partition coefficient (Wildman–Crippen LogP) is 2.61. The molecular weight excluding hydrogens is 143 g/mol. The minimum Gasteiger partial charge on any atom is -0.345 e. The molecule has 5 atom stereocenters. The highest BCUT2D eigenvalue weighted by Gasteiger charge is 2.36. The van der Waals surface area contributed by atoms with Crippen molar-refractivity contribution in [2.24, 2.45) is 17.8 Å². The number of rotatable bonds is 0. The molecule has 0 aromatic rings.